The third kappa shape index (κ3) is 3.08. The molecule has 1 aromatic carbocycles. The summed E-state index contributed by atoms with van der Waals surface area (Å²) in [7, 11) is 0. The minimum absolute atomic E-state index is 0.295. The zero-order chi connectivity index (χ0) is 19.9. The van der Waals surface area contributed by atoms with Crippen molar-refractivity contribution in [3.05, 3.63) is 46.5 Å². The predicted molar refractivity (Wildman–Crippen MR) is 114 cm³/mol. The Kier molecular flexibility index (Phi) is 4.30. The van der Waals surface area contributed by atoms with Gasteiger partial charge in [-0.2, -0.15) is 0 Å². The van der Waals surface area contributed by atoms with E-state index in [0.717, 1.165) is 48.0 Å². The van der Waals surface area contributed by atoms with Crippen molar-refractivity contribution in [3.8, 4) is 23.1 Å². The number of benzene rings is 1. The molecule has 0 bridgehead atoms. The molecule has 1 N–H and O–H groups in total. The van der Waals surface area contributed by atoms with Crippen molar-refractivity contribution in [1.82, 2.24) is 15.1 Å². The van der Waals surface area contributed by atoms with Gasteiger partial charge in [0, 0.05) is 17.5 Å². The van der Waals surface area contributed by atoms with E-state index in [4.69, 9.17) is 24.0 Å². The second-order valence-electron chi connectivity index (χ2n) is 7.53. The van der Waals surface area contributed by atoms with Crippen LogP contribution in [-0.4, -0.2) is 28.5 Å². The summed E-state index contributed by atoms with van der Waals surface area (Å²) in [6, 6.07) is 7.89. The molecule has 4 aromatic rings. The molecule has 0 atom stereocenters. The van der Waals surface area contributed by atoms with Gasteiger partial charge in [-0.3, -0.25) is 0 Å². The normalized spacial score (nSPS) is 14.8. The highest BCUT2D eigenvalue weighted by atomic mass is 32.1. The summed E-state index contributed by atoms with van der Waals surface area (Å²) in [6.07, 6.45) is 7.16. The van der Waals surface area contributed by atoms with E-state index in [0.29, 0.717) is 18.4 Å². The van der Waals surface area contributed by atoms with Crippen LogP contribution in [0.15, 0.2) is 35.0 Å². The van der Waals surface area contributed by atoms with Crippen LogP contribution in [0.3, 0.4) is 0 Å². The maximum Gasteiger partial charge on any atom is 0.231 e. The molecule has 1 aliphatic carbocycles. The molecule has 2 aliphatic rings. The molecule has 0 saturated carbocycles. The largest absolute Gasteiger partial charge is 0.454 e. The van der Waals surface area contributed by atoms with Crippen molar-refractivity contribution in [1.29, 1.82) is 0 Å². The van der Waals surface area contributed by atoms with Crippen molar-refractivity contribution in [2.45, 2.75) is 32.1 Å². The van der Waals surface area contributed by atoms with E-state index in [1.165, 1.54) is 34.2 Å². The number of hydrogen-bond acceptors (Lipinski definition) is 8. The molecule has 0 unspecified atom stereocenters. The van der Waals surface area contributed by atoms with E-state index in [1.54, 1.807) is 23.6 Å². The second kappa shape index (κ2) is 7.28. The van der Waals surface area contributed by atoms with Gasteiger partial charge < -0.3 is 19.3 Å². The number of rotatable bonds is 5. The average molecular weight is 420 g/mol. The van der Waals surface area contributed by atoms with Gasteiger partial charge in [0.05, 0.1) is 11.6 Å². The van der Waals surface area contributed by atoms with Gasteiger partial charge in [0.2, 0.25) is 18.4 Å². The number of anilines is 1. The van der Waals surface area contributed by atoms with Crippen molar-refractivity contribution < 1.29 is 14.0 Å². The molecule has 30 heavy (non-hydrogen) atoms. The highest BCUT2D eigenvalue weighted by Gasteiger charge is 2.22. The Morgan fingerprint density at radius 3 is 2.90 bits per heavy atom. The Balaban J connectivity index is 1.32. The first-order valence-corrected chi connectivity index (χ1v) is 11.0. The maximum atomic E-state index is 5.49. The van der Waals surface area contributed by atoms with Crippen LogP contribution < -0.4 is 14.8 Å². The summed E-state index contributed by atoms with van der Waals surface area (Å²) in [5.74, 6) is 3.67. The molecule has 6 rings (SSSR count). The Morgan fingerprint density at radius 2 is 1.97 bits per heavy atom. The zero-order valence-electron chi connectivity index (χ0n) is 16.3. The maximum absolute atomic E-state index is 5.49. The van der Waals surface area contributed by atoms with Crippen molar-refractivity contribution >= 4 is 27.4 Å². The highest BCUT2D eigenvalue weighted by molar-refractivity contribution is 7.19. The lowest BCUT2D eigenvalue weighted by Crippen LogP contribution is -2.09. The van der Waals surface area contributed by atoms with Crippen LogP contribution in [0.25, 0.3) is 21.8 Å². The van der Waals surface area contributed by atoms with Gasteiger partial charge in [0.25, 0.3) is 0 Å². The van der Waals surface area contributed by atoms with E-state index in [-0.39, 0.29) is 0 Å². The van der Waals surface area contributed by atoms with Gasteiger partial charge in [0.15, 0.2) is 11.5 Å². The Bertz CT molecular complexity index is 1220. The monoisotopic (exact) mass is 420 g/mol. The van der Waals surface area contributed by atoms with E-state index < -0.39 is 0 Å². The molecule has 152 valence electrons. The average Bonchev–Trinajstić information content (AvgIpc) is 3.51. The predicted octanol–water partition coefficient (Wildman–Crippen LogP) is 4.61. The quantitative estimate of drug-likeness (QED) is 0.505. The van der Waals surface area contributed by atoms with Gasteiger partial charge in [-0.1, -0.05) is 11.2 Å². The van der Waals surface area contributed by atoms with Crippen LogP contribution in [0.4, 0.5) is 5.82 Å². The third-order valence-electron chi connectivity index (χ3n) is 5.62. The third-order valence-corrected chi connectivity index (χ3v) is 6.80. The molecule has 0 saturated heterocycles. The molecular weight excluding hydrogens is 400 g/mol. The van der Waals surface area contributed by atoms with Crippen LogP contribution >= 0.6 is 11.3 Å². The SMILES string of the molecule is c1cc(-c2nc(NCCc3ccc4c(c3)OCO4)c3c4c(sc3n2)CCCC4)on1. The van der Waals surface area contributed by atoms with Crippen LogP contribution in [0.1, 0.15) is 28.8 Å². The fourth-order valence-corrected chi connectivity index (χ4v) is 5.41. The fourth-order valence-electron chi connectivity index (χ4n) is 4.15. The summed E-state index contributed by atoms with van der Waals surface area (Å²) in [4.78, 5) is 12.1. The van der Waals surface area contributed by atoms with Crippen LogP contribution in [0.5, 0.6) is 11.5 Å². The summed E-state index contributed by atoms with van der Waals surface area (Å²) in [5, 5.41) is 8.54. The zero-order valence-corrected chi connectivity index (χ0v) is 17.1. The van der Waals surface area contributed by atoms with Crippen LogP contribution in [-0.2, 0) is 19.3 Å². The molecule has 1 aliphatic heterocycles. The molecule has 3 aromatic heterocycles. The first-order valence-electron chi connectivity index (χ1n) is 10.2. The van der Waals surface area contributed by atoms with Gasteiger partial charge in [-0.15, -0.1) is 11.3 Å². The van der Waals surface area contributed by atoms with E-state index in [1.807, 2.05) is 12.1 Å². The van der Waals surface area contributed by atoms with Crippen molar-refractivity contribution in [2.75, 3.05) is 18.7 Å². The number of aromatic nitrogens is 3. The first-order chi connectivity index (χ1) is 14.8. The Labute approximate surface area is 177 Å². The lowest BCUT2D eigenvalue weighted by Gasteiger charge is -2.13. The lowest BCUT2D eigenvalue weighted by atomic mass is 9.97. The molecule has 0 radical (unpaired) electrons. The Hall–Kier alpha value is -3.13. The molecule has 7 nitrogen and oxygen atoms in total. The summed E-state index contributed by atoms with van der Waals surface area (Å²) in [6.45, 7) is 1.05. The van der Waals surface area contributed by atoms with Gasteiger partial charge in [-0.25, -0.2) is 9.97 Å². The number of hydrogen-bond donors (Lipinski definition) is 1. The second-order valence-corrected chi connectivity index (χ2v) is 8.61. The molecule has 4 heterocycles. The number of ether oxygens (including phenoxy) is 2. The van der Waals surface area contributed by atoms with Crippen LogP contribution in [0, 0.1) is 0 Å². The standard InChI is InChI=1S/C22H20N4O3S/c1-2-4-18-14(3-1)19-21(25-20(26-22(19)30-18)16-8-10-24-29-16)23-9-7-13-5-6-15-17(11-13)28-12-27-15/h5-6,8,10-11H,1-4,7,9,12H2,(H,23,25,26). The highest BCUT2D eigenvalue weighted by Crippen LogP contribution is 2.39. The smallest absolute Gasteiger partial charge is 0.231 e. The first kappa shape index (κ1) is 17.7. The number of nitrogens with one attached hydrogen (secondary N) is 1. The number of thiophene rings is 1. The van der Waals surface area contributed by atoms with Crippen molar-refractivity contribution in [2.24, 2.45) is 0 Å². The number of nitrogens with zero attached hydrogens (tertiary/aromatic N) is 3. The van der Waals surface area contributed by atoms with Crippen molar-refractivity contribution in [3.63, 3.8) is 0 Å². The molecular formula is C22H20N4O3S. The number of aryl methyl sites for hydroxylation is 2. The van der Waals surface area contributed by atoms with Crippen LogP contribution in [0.2, 0.25) is 0 Å². The summed E-state index contributed by atoms with van der Waals surface area (Å²) in [5.41, 5.74) is 2.61. The molecule has 8 heteroatoms. The molecule has 0 fully saturated rings. The molecule has 0 amide bonds. The van der Waals surface area contributed by atoms with E-state index >= 15 is 0 Å². The lowest BCUT2D eigenvalue weighted by molar-refractivity contribution is 0.174. The summed E-state index contributed by atoms with van der Waals surface area (Å²) < 4.78 is 16.2. The van der Waals surface area contributed by atoms with Gasteiger partial charge in [0.1, 0.15) is 10.6 Å². The van der Waals surface area contributed by atoms with Gasteiger partial charge >= 0.3 is 0 Å². The van der Waals surface area contributed by atoms with E-state index in [9.17, 15) is 0 Å². The number of fused-ring (bicyclic) bond motifs is 4. The molecule has 0 spiro atoms. The summed E-state index contributed by atoms with van der Waals surface area (Å²) >= 11 is 1.79. The Morgan fingerprint density at radius 1 is 1.03 bits per heavy atom. The minimum Gasteiger partial charge on any atom is -0.454 e. The topological polar surface area (TPSA) is 82.3 Å². The minimum atomic E-state index is 0.295. The van der Waals surface area contributed by atoms with E-state index in [2.05, 4.69) is 16.5 Å². The van der Waals surface area contributed by atoms with Gasteiger partial charge in [-0.05, 0) is 55.4 Å². The fraction of sp³-hybridized carbons (Fsp3) is 0.318.